The van der Waals surface area contributed by atoms with E-state index in [0.717, 1.165) is 24.0 Å². The number of hydrogen-bond acceptors (Lipinski definition) is 3. The molecule has 2 aromatic rings. The summed E-state index contributed by atoms with van der Waals surface area (Å²) < 4.78 is 18.9. The predicted molar refractivity (Wildman–Crippen MR) is 102 cm³/mol. The number of pyridine rings is 1. The first-order chi connectivity index (χ1) is 13.1. The molecular weight excluding hydrogens is 345 g/mol. The van der Waals surface area contributed by atoms with Crippen LogP contribution in [-0.2, 0) is 4.74 Å². The minimum atomic E-state index is -0.376. The summed E-state index contributed by atoms with van der Waals surface area (Å²) >= 11 is 0. The molecule has 1 N–H and O–H groups in total. The number of fused-ring (bicyclic) bond motifs is 2. The number of urea groups is 1. The van der Waals surface area contributed by atoms with Crippen molar-refractivity contribution in [2.24, 2.45) is 5.92 Å². The Kier molecular flexibility index (Phi) is 4.83. The Labute approximate surface area is 158 Å². The Morgan fingerprint density at radius 2 is 2.07 bits per heavy atom. The number of nitrogens with one attached hydrogen (secondary N) is 1. The molecule has 0 unspecified atom stereocenters. The second kappa shape index (κ2) is 7.27. The highest BCUT2D eigenvalue weighted by Gasteiger charge is 2.52. The molecule has 1 saturated carbocycles. The van der Waals surface area contributed by atoms with E-state index in [1.54, 1.807) is 13.3 Å². The van der Waals surface area contributed by atoms with Gasteiger partial charge >= 0.3 is 6.03 Å². The van der Waals surface area contributed by atoms with Crippen LogP contribution < -0.4 is 5.32 Å². The smallest absolute Gasteiger partial charge is 0.322 e. The lowest BCUT2D eigenvalue weighted by atomic mass is 9.70. The highest BCUT2D eigenvalue weighted by atomic mass is 19.1. The van der Waals surface area contributed by atoms with E-state index in [1.165, 1.54) is 18.7 Å². The van der Waals surface area contributed by atoms with Crippen LogP contribution in [0, 0.1) is 18.7 Å². The molecule has 4 rings (SSSR count). The van der Waals surface area contributed by atoms with Crippen LogP contribution in [-0.4, -0.2) is 41.7 Å². The monoisotopic (exact) mass is 369 g/mol. The Balaban J connectivity index is 1.52. The van der Waals surface area contributed by atoms with Gasteiger partial charge in [0.25, 0.3) is 0 Å². The Hall–Kier alpha value is -2.47. The zero-order valence-electron chi connectivity index (χ0n) is 15.6. The van der Waals surface area contributed by atoms with Crippen molar-refractivity contribution in [2.75, 3.05) is 19.0 Å². The minimum absolute atomic E-state index is 0.0655. The van der Waals surface area contributed by atoms with Gasteiger partial charge in [0.2, 0.25) is 0 Å². The van der Waals surface area contributed by atoms with Gasteiger partial charge in [-0.3, -0.25) is 4.98 Å². The van der Waals surface area contributed by atoms with E-state index in [4.69, 9.17) is 4.74 Å². The van der Waals surface area contributed by atoms with E-state index in [2.05, 4.69) is 10.3 Å². The summed E-state index contributed by atoms with van der Waals surface area (Å²) in [6.07, 6.45) is 6.05. The molecule has 0 spiro atoms. The molecule has 1 aromatic carbocycles. The van der Waals surface area contributed by atoms with Crippen molar-refractivity contribution in [2.45, 2.75) is 38.3 Å². The van der Waals surface area contributed by atoms with Crippen molar-refractivity contribution in [3.63, 3.8) is 0 Å². The second-order valence-corrected chi connectivity index (χ2v) is 7.44. The number of hydrogen-bond donors (Lipinski definition) is 1. The van der Waals surface area contributed by atoms with Gasteiger partial charge in [-0.2, -0.15) is 0 Å². The number of aromatic nitrogens is 1. The van der Waals surface area contributed by atoms with Crippen molar-refractivity contribution in [1.82, 2.24) is 9.88 Å². The topological polar surface area (TPSA) is 54.5 Å². The van der Waals surface area contributed by atoms with Crippen LogP contribution in [0.5, 0.6) is 0 Å². The number of carbonyl (C=O) groups is 1. The predicted octanol–water partition coefficient (Wildman–Crippen LogP) is 4.23. The summed E-state index contributed by atoms with van der Waals surface area (Å²) in [5, 5.41) is 3.02. The van der Waals surface area contributed by atoms with E-state index in [0.29, 0.717) is 23.8 Å². The molecule has 2 aliphatic rings. The molecule has 2 amide bonds. The van der Waals surface area contributed by atoms with Gasteiger partial charge in [-0.15, -0.1) is 0 Å². The van der Waals surface area contributed by atoms with Gasteiger partial charge in [0.1, 0.15) is 5.82 Å². The van der Waals surface area contributed by atoms with E-state index in [9.17, 15) is 9.18 Å². The van der Waals surface area contributed by atoms with Gasteiger partial charge in [0.05, 0.1) is 12.8 Å². The van der Waals surface area contributed by atoms with Crippen LogP contribution in [0.1, 0.15) is 24.8 Å². The lowest BCUT2D eigenvalue weighted by Crippen LogP contribution is -2.69. The number of aryl methyl sites for hydroxylation is 1. The van der Waals surface area contributed by atoms with Gasteiger partial charge in [0.15, 0.2) is 0 Å². The molecular formula is C21H24FN3O2. The second-order valence-electron chi connectivity index (χ2n) is 7.44. The fraction of sp³-hybridized carbons (Fsp3) is 0.429. The van der Waals surface area contributed by atoms with E-state index in [-0.39, 0.29) is 23.9 Å². The quantitative estimate of drug-likeness (QED) is 0.878. The minimum Gasteiger partial charge on any atom is -0.384 e. The molecule has 0 radical (unpaired) electrons. The Morgan fingerprint density at radius 3 is 2.78 bits per heavy atom. The van der Waals surface area contributed by atoms with Gasteiger partial charge in [-0.25, -0.2) is 9.18 Å². The highest BCUT2D eigenvalue weighted by Crippen LogP contribution is 2.43. The summed E-state index contributed by atoms with van der Waals surface area (Å²) in [6.45, 7) is 2.67. The van der Waals surface area contributed by atoms with Gasteiger partial charge in [-0.05, 0) is 55.5 Å². The summed E-state index contributed by atoms with van der Waals surface area (Å²) in [5.74, 6) is 0.0698. The number of benzene rings is 1. The number of amides is 2. The summed E-state index contributed by atoms with van der Waals surface area (Å²) in [4.78, 5) is 18.7. The zero-order valence-corrected chi connectivity index (χ0v) is 15.6. The largest absolute Gasteiger partial charge is 0.384 e. The van der Waals surface area contributed by atoms with Crippen LogP contribution in [0.2, 0.25) is 0 Å². The van der Waals surface area contributed by atoms with E-state index in [1.807, 2.05) is 30.0 Å². The Bertz CT molecular complexity index is 845. The fourth-order valence-corrected chi connectivity index (χ4v) is 4.53. The zero-order chi connectivity index (χ0) is 19.0. The van der Waals surface area contributed by atoms with Gasteiger partial charge in [0, 0.05) is 42.6 Å². The van der Waals surface area contributed by atoms with Gasteiger partial charge < -0.3 is 15.0 Å². The number of methoxy groups -OCH3 is 1. The van der Waals surface area contributed by atoms with Crippen molar-refractivity contribution < 1.29 is 13.9 Å². The number of rotatable bonds is 4. The maximum atomic E-state index is 13.5. The third-order valence-electron chi connectivity index (χ3n) is 5.80. The van der Waals surface area contributed by atoms with Crippen molar-refractivity contribution in [3.8, 4) is 11.1 Å². The molecule has 142 valence electrons. The molecule has 5 nitrogen and oxygen atoms in total. The maximum absolute atomic E-state index is 13.5. The van der Waals surface area contributed by atoms with Gasteiger partial charge in [-0.1, -0.05) is 6.07 Å². The van der Waals surface area contributed by atoms with Crippen LogP contribution in [0.25, 0.3) is 11.1 Å². The molecule has 2 atom stereocenters. The van der Waals surface area contributed by atoms with Crippen LogP contribution >= 0.6 is 0 Å². The van der Waals surface area contributed by atoms with Crippen LogP contribution in [0.15, 0.2) is 36.7 Å². The number of ether oxygens (including phenoxy) is 1. The number of carbonyl (C=O) groups excluding carboxylic acids is 1. The number of anilines is 1. The summed E-state index contributed by atoms with van der Waals surface area (Å²) in [5.41, 5.74) is 3.27. The first kappa shape index (κ1) is 17.9. The third kappa shape index (κ3) is 3.30. The molecule has 1 aliphatic heterocycles. The normalized spacial score (nSPS) is 23.7. The maximum Gasteiger partial charge on any atom is 0.322 e. The Morgan fingerprint density at radius 1 is 1.30 bits per heavy atom. The number of nitrogens with zero attached hydrogens (tertiary/aromatic N) is 2. The molecule has 1 aromatic heterocycles. The van der Waals surface area contributed by atoms with Crippen LogP contribution in [0.3, 0.4) is 0 Å². The van der Waals surface area contributed by atoms with Crippen molar-refractivity contribution >= 4 is 11.7 Å². The first-order valence-corrected chi connectivity index (χ1v) is 9.38. The van der Waals surface area contributed by atoms with Crippen LogP contribution in [0.4, 0.5) is 14.9 Å². The fourth-order valence-electron chi connectivity index (χ4n) is 4.53. The molecule has 2 heterocycles. The SMILES string of the molecule is COCC1[C@H]2CCC[C@H]1N2C(=O)Nc1ccc(C)c(-c2cncc(F)c2)c1. The molecule has 27 heavy (non-hydrogen) atoms. The highest BCUT2D eigenvalue weighted by molar-refractivity contribution is 5.91. The van der Waals surface area contributed by atoms with Crippen molar-refractivity contribution in [3.05, 3.63) is 48.0 Å². The lowest BCUT2D eigenvalue weighted by Gasteiger charge is -2.58. The molecule has 2 fully saturated rings. The third-order valence-corrected chi connectivity index (χ3v) is 5.80. The first-order valence-electron chi connectivity index (χ1n) is 9.38. The number of halogens is 1. The van der Waals surface area contributed by atoms with E-state index >= 15 is 0 Å². The van der Waals surface area contributed by atoms with E-state index < -0.39 is 0 Å². The summed E-state index contributed by atoms with van der Waals surface area (Å²) in [7, 11) is 1.72. The summed E-state index contributed by atoms with van der Waals surface area (Å²) in [6, 6.07) is 7.61. The molecule has 6 heteroatoms. The standard InChI is InChI=1S/C21H24FN3O2/c1-13-6-7-16(9-17(13)14-8-15(22)11-23-10-14)24-21(26)25-19-4-3-5-20(25)18(19)12-27-2/h6-11,18-20H,3-5,12H2,1-2H3,(H,24,26)/t19-,20-/m1/s1. The average Bonchev–Trinajstić information content (AvgIpc) is 2.67. The van der Waals surface area contributed by atoms with Crippen molar-refractivity contribution in [1.29, 1.82) is 0 Å². The number of likely N-dealkylation sites (tertiary alicyclic amines) is 1. The number of piperidine rings is 1. The molecule has 1 saturated heterocycles. The lowest BCUT2D eigenvalue weighted by molar-refractivity contribution is -0.0830. The average molecular weight is 369 g/mol. The molecule has 2 bridgehead atoms. The molecule has 1 aliphatic carbocycles.